The average Bonchev–Trinajstić information content (AvgIpc) is 2.99. The lowest BCUT2D eigenvalue weighted by molar-refractivity contribution is -0.131. The maximum Gasteiger partial charge on any atom is 0.261 e. The van der Waals surface area contributed by atoms with E-state index in [1.165, 1.54) is 17.8 Å². The molecule has 1 aromatic heterocycles. The molecule has 0 saturated carbocycles. The molecule has 1 amide bonds. The summed E-state index contributed by atoms with van der Waals surface area (Å²) >= 11 is 5.87. The van der Waals surface area contributed by atoms with E-state index in [0.29, 0.717) is 13.1 Å². The van der Waals surface area contributed by atoms with Gasteiger partial charge in [-0.25, -0.2) is 13.4 Å². The number of hydrogen-bond acceptors (Lipinski definition) is 4. The lowest BCUT2D eigenvalue weighted by Crippen LogP contribution is -2.46. The molecule has 1 atom stereocenters. The highest BCUT2D eigenvalue weighted by Gasteiger charge is 2.30. The Hall–Kier alpha value is -1.12. The molecular formula is C11H17ClN4O3S. The fourth-order valence-corrected chi connectivity index (χ4v) is 3.75. The normalized spacial score (nSPS) is 17.4. The van der Waals surface area contributed by atoms with Crippen LogP contribution in [0.5, 0.6) is 0 Å². The van der Waals surface area contributed by atoms with Crippen LogP contribution in [0.15, 0.2) is 11.4 Å². The summed E-state index contributed by atoms with van der Waals surface area (Å²) in [6.07, 6.45) is 3.22. The smallest absolute Gasteiger partial charge is 0.261 e. The standard InChI is InChI=1S/C11H17ClN4O3S/c1-8(11(17)16-5-3-4-6-16)14-20(18,19)10-9(12)15(2)7-13-10/h7-8,14H,3-6H2,1-2H3. The van der Waals surface area contributed by atoms with Gasteiger partial charge in [0.15, 0.2) is 0 Å². The Morgan fingerprint density at radius 2 is 2.05 bits per heavy atom. The Morgan fingerprint density at radius 3 is 2.55 bits per heavy atom. The molecule has 0 aromatic carbocycles. The van der Waals surface area contributed by atoms with Gasteiger partial charge < -0.3 is 9.47 Å². The molecule has 0 aliphatic carbocycles. The van der Waals surface area contributed by atoms with E-state index < -0.39 is 16.1 Å². The number of rotatable bonds is 4. The predicted octanol–water partition coefficient (Wildman–Crippen LogP) is 0.363. The highest BCUT2D eigenvalue weighted by Crippen LogP contribution is 2.19. The van der Waals surface area contributed by atoms with Crippen LogP contribution in [-0.4, -0.2) is 47.9 Å². The molecule has 1 aliphatic rings. The fraction of sp³-hybridized carbons (Fsp3) is 0.636. The van der Waals surface area contributed by atoms with Crippen LogP contribution in [0.1, 0.15) is 19.8 Å². The van der Waals surface area contributed by atoms with Gasteiger partial charge in [0.25, 0.3) is 10.0 Å². The van der Waals surface area contributed by atoms with Gasteiger partial charge in [-0.05, 0) is 19.8 Å². The third-order valence-corrected chi connectivity index (χ3v) is 5.24. The largest absolute Gasteiger partial charge is 0.341 e. The number of imidazole rings is 1. The number of carbonyl (C=O) groups is 1. The molecule has 7 nitrogen and oxygen atoms in total. The maximum absolute atomic E-state index is 12.2. The molecule has 20 heavy (non-hydrogen) atoms. The minimum Gasteiger partial charge on any atom is -0.341 e. The lowest BCUT2D eigenvalue weighted by Gasteiger charge is -2.20. The molecule has 9 heteroatoms. The fourth-order valence-electron chi connectivity index (χ4n) is 2.12. The van der Waals surface area contributed by atoms with E-state index in [1.807, 2.05) is 0 Å². The zero-order valence-corrected chi connectivity index (χ0v) is 12.9. The summed E-state index contributed by atoms with van der Waals surface area (Å²) in [6, 6.07) is -0.837. The van der Waals surface area contributed by atoms with Gasteiger partial charge in [0, 0.05) is 20.1 Å². The molecule has 2 rings (SSSR count). The van der Waals surface area contributed by atoms with Crippen molar-refractivity contribution in [3.8, 4) is 0 Å². The first kappa shape index (κ1) is 15.3. The number of nitrogens with zero attached hydrogens (tertiary/aromatic N) is 3. The second-order valence-corrected chi connectivity index (χ2v) is 6.81. The van der Waals surface area contributed by atoms with Crippen LogP contribution in [0.4, 0.5) is 0 Å². The first-order valence-corrected chi connectivity index (χ1v) is 8.17. The van der Waals surface area contributed by atoms with Crippen LogP contribution in [0.2, 0.25) is 5.15 Å². The second kappa shape index (κ2) is 5.71. The number of amides is 1. The van der Waals surface area contributed by atoms with E-state index in [0.717, 1.165) is 12.8 Å². The van der Waals surface area contributed by atoms with Crippen molar-refractivity contribution in [1.29, 1.82) is 0 Å². The van der Waals surface area contributed by atoms with Crippen LogP contribution < -0.4 is 4.72 Å². The summed E-state index contributed by atoms with van der Waals surface area (Å²) in [4.78, 5) is 17.5. The highest BCUT2D eigenvalue weighted by atomic mass is 35.5. The summed E-state index contributed by atoms with van der Waals surface area (Å²) < 4.78 is 28.0. The second-order valence-electron chi connectivity index (χ2n) is 4.83. The highest BCUT2D eigenvalue weighted by molar-refractivity contribution is 7.89. The van der Waals surface area contributed by atoms with Gasteiger partial charge >= 0.3 is 0 Å². The van der Waals surface area contributed by atoms with Crippen LogP contribution in [0.3, 0.4) is 0 Å². The summed E-state index contributed by atoms with van der Waals surface area (Å²) in [7, 11) is -2.31. The molecular weight excluding hydrogens is 304 g/mol. The van der Waals surface area contributed by atoms with Gasteiger partial charge in [-0.15, -0.1) is 0 Å². The SMILES string of the molecule is CC(NS(=O)(=O)c1ncn(C)c1Cl)C(=O)N1CCCC1. The first-order chi connectivity index (χ1) is 9.33. The van der Waals surface area contributed by atoms with Crippen molar-refractivity contribution in [2.24, 2.45) is 7.05 Å². The maximum atomic E-state index is 12.2. The zero-order valence-electron chi connectivity index (χ0n) is 11.3. The Balaban J connectivity index is 2.11. The van der Waals surface area contributed by atoms with Crippen LogP contribution in [0.25, 0.3) is 0 Å². The number of carbonyl (C=O) groups excluding carboxylic acids is 1. The van der Waals surface area contributed by atoms with Crippen molar-refractivity contribution in [3.05, 3.63) is 11.5 Å². The van der Waals surface area contributed by atoms with E-state index in [2.05, 4.69) is 9.71 Å². The number of sulfonamides is 1. The first-order valence-electron chi connectivity index (χ1n) is 6.31. The minimum absolute atomic E-state index is 0.0123. The van der Waals surface area contributed by atoms with Gasteiger partial charge in [0.05, 0.1) is 12.4 Å². The van der Waals surface area contributed by atoms with Gasteiger partial charge in [-0.3, -0.25) is 4.79 Å². The number of halogens is 1. The lowest BCUT2D eigenvalue weighted by atomic mass is 10.3. The molecule has 0 radical (unpaired) electrons. The van der Waals surface area contributed by atoms with E-state index in [-0.39, 0.29) is 16.1 Å². The van der Waals surface area contributed by atoms with Crippen LogP contribution in [-0.2, 0) is 21.9 Å². The minimum atomic E-state index is -3.91. The molecule has 112 valence electrons. The average molecular weight is 321 g/mol. The molecule has 1 fully saturated rings. The van der Waals surface area contributed by atoms with Crippen molar-refractivity contribution in [2.45, 2.75) is 30.8 Å². The zero-order chi connectivity index (χ0) is 14.9. The molecule has 1 aromatic rings. The summed E-state index contributed by atoms with van der Waals surface area (Å²) in [5, 5.41) is -0.249. The molecule has 1 saturated heterocycles. The quantitative estimate of drug-likeness (QED) is 0.868. The Bertz CT molecular complexity index is 607. The van der Waals surface area contributed by atoms with E-state index in [1.54, 1.807) is 11.9 Å². The Labute approximate surface area is 123 Å². The molecule has 0 bridgehead atoms. The van der Waals surface area contributed by atoms with Gasteiger partial charge in [0.1, 0.15) is 5.15 Å². The van der Waals surface area contributed by atoms with Crippen molar-refractivity contribution < 1.29 is 13.2 Å². The van der Waals surface area contributed by atoms with Gasteiger partial charge in [0.2, 0.25) is 10.9 Å². The van der Waals surface area contributed by atoms with E-state index in [4.69, 9.17) is 11.6 Å². The summed E-state index contributed by atoms with van der Waals surface area (Å²) in [6.45, 7) is 2.87. The number of hydrogen-bond donors (Lipinski definition) is 1. The molecule has 2 heterocycles. The molecule has 0 spiro atoms. The van der Waals surface area contributed by atoms with Gasteiger partial charge in [-0.1, -0.05) is 11.6 Å². The van der Waals surface area contributed by atoms with Crippen LogP contribution in [0, 0.1) is 0 Å². The number of likely N-dealkylation sites (tertiary alicyclic amines) is 1. The molecule has 1 aliphatic heterocycles. The number of nitrogens with one attached hydrogen (secondary N) is 1. The van der Waals surface area contributed by atoms with Gasteiger partial charge in [-0.2, -0.15) is 4.72 Å². The third kappa shape index (κ3) is 2.97. The number of aryl methyl sites for hydroxylation is 1. The van der Waals surface area contributed by atoms with E-state index in [9.17, 15) is 13.2 Å². The number of aromatic nitrogens is 2. The van der Waals surface area contributed by atoms with Crippen molar-refractivity contribution >= 4 is 27.5 Å². The van der Waals surface area contributed by atoms with Crippen LogP contribution >= 0.6 is 11.6 Å². The topological polar surface area (TPSA) is 84.3 Å². The summed E-state index contributed by atoms with van der Waals surface area (Å²) in [5.41, 5.74) is 0. The summed E-state index contributed by atoms with van der Waals surface area (Å²) in [5.74, 6) is -0.224. The Kier molecular flexibility index (Phi) is 4.36. The van der Waals surface area contributed by atoms with Crippen molar-refractivity contribution in [2.75, 3.05) is 13.1 Å². The monoisotopic (exact) mass is 320 g/mol. The van der Waals surface area contributed by atoms with Crippen molar-refractivity contribution in [3.63, 3.8) is 0 Å². The molecule has 1 unspecified atom stereocenters. The van der Waals surface area contributed by atoms with Crippen molar-refractivity contribution in [1.82, 2.24) is 19.2 Å². The Morgan fingerprint density at radius 1 is 1.45 bits per heavy atom. The predicted molar refractivity (Wildman–Crippen MR) is 73.8 cm³/mol. The van der Waals surface area contributed by atoms with E-state index >= 15 is 0 Å². The molecule has 1 N–H and O–H groups in total. The third-order valence-electron chi connectivity index (χ3n) is 3.21.